The largest absolute Gasteiger partial charge is 0.465 e. The van der Waals surface area contributed by atoms with Crippen molar-refractivity contribution in [1.82, 2.24) is 9.97 Å². The van der Waals surface area contributed by atoms with Crippen LogP contribution in [0.5, 0.6) is 0 Å². The van der Waals surface area contributed by atoms with E-state index in [0.29, 0.717) is 5.56 Å². The molecule has 0 saturated heterocycles. The van der Waals surface area contributed by atoms with Crippen molar-refractivity contribution in [2.24, 2.45) is 0 Å². The predicted octanol–water partition coefficient (Wildman–Crippen LogP) is 4.44. The zero-order valence-electron chi connectivity index (χ0n) is 16.3. The van der Waals surface area contributed by atoms with Gasteiger partial charge in [-0.3, -0.25) is 4.79 Å². The second-order valence-corrected chi connectivity index (χ2v) is 6.87. The summed E-state index contributed by atoms with van der Waals surface area (Å²) >= 11 is 0. The van der Waals surface area contributed by atoms with Gasteiger partial charge in [-0.05, 0) is 63.1 Å². The lowest BCUT2D eigenvalue weighted by molar-refractivity contribution is 0.0600. The first-order valence-electron chi connectivity index (χ1n) is 8.87. The number of hydrogen-bond donors (Lipinski definition) is 2. The molecule has 0 aliphatic rings. The number of carbonyl (C=O) groups excluding carboxylic acids is 2. The van der Waals surface area contributed by atoms with Gasteiger partial charge in [-0.1, -0.05) is 12.1 Å². The van der Waals surface area contributed by atoms with Crippen LogP contribution in [0.2, 0.25) is 0 Å². The highest BCUT2D eigenvalue weighted by molar-refractivity contribution is 5.97. The zero-order chi connectivity index (χ0) is 19.7. The van der Waals surface area contributed by atoms with Crippen LogP contribution in [-0.2, 0) is 4.74 Å². The molecule has 27 heavy (non-hydrogen) atoms. The summed E-state index contributed by atoms with van der Waals surface area (Å²) in [6, 6.07) is 11.5. The number of H-pyrrole nitrogens is 2. The van der Waals surface area contributed by atoms with Crippen LogP contribution >= 0.6 is 0 Å². The lowest BCUT2D eigenvalue weighted by Gasteiger charge is -2.18. The van der Waals surface area contributed by atoms with Crippen molar-refractivity contribution in [2.45, 2.75) is 33.6 Å². The molecule has 0 aliphatic carbocycles. The smallest absolute Gasteiger partial charge is 0.337 e. The molecule has 2 heterocycles. The van der Waals surface area contributed by atoms with Crippen LogP contribution in [-0.4, -0.2) is 28.8 Å². The number of aromatic amines is 2. The lowest BCUT2D eigenvalue weighted by atomic mass is 9.88. The van der Waals surface area contributed by atoms with Gasteiger partial charge in [0.2, 0.25) is 0 Å². The van der Waals surface area contributed by atoms with Gasteiger partial charge in [-0.15, -0.1) is 0 Å². The average molecular weight is 364 g/mol. The molecule has 0 bridgehead atoms. The van der Waals surface area contributed by atoms with Crippen LogP contribution in [0.3, 0.4) is 0 Å². The molecule has 0 aliphatic heterocycles. The molecule has 1 aromatic carbocycles. The number of aryl methyl sites for hydroxylation is 2. The fraction of sp³-hybridized carbons (Fsp3) is 0.273. The van der Waals surface area contributed by atoms with Gasteiger partial charge in [0.25, 0.3) is 0 Å². The first kappa shape index (κ1) is 18.7. The predicted molar refractivity (Wildman–Crippen MR) is 105 cm³/mol. The van der Waals surface area contributed by atoms with Gasteiger partial charge in [0.1, 0.15) is 0 Å². The third-order valence-electron chi connectivity index (χ3n) is 4.92. The number of ether oxygens (including phenoxy) is 1. The summed E-state index contributed by atoms with van der Waals surface area (Å²) in [5, 5.41) is 0. The minimum Gasteiger partial charge on any atom is -0.465 e. The second-order valence-electron chi connectivity index (χ2n) is 6.87. The molecule has 2 aromatic heterocycles. The Hall–Kier alpha value is -3.08. The van der Waals surface area contributed by atoms with Crippen molar-refractivity contribution >= 4 is 11.8 Å². The summed E-state index contributed by atoms with van der Waals surface area (Å²) in [5.41, 5.74) is 6.94. The van der Waals surface area contributed by atoms with Crippen molar-refractivity contribution < 1.29 is 14.3 Å². The normalized spacial score (nSPS) is 12.0. The van der Waals surface area contributed by atoms with E-state index in [-0.39, 0.29) is 17.7 Å². The Labute approximate surface area is 158 Å². The number of benzene rings is 1. The Bertz CT molecular complexity index is 1010. The number of hydrogen-bond acceptors (Lipinski definition) is 3. The SMILES string of the molecule is COC(=O)c1cccc(C(c2ccc(C)[nH]2)c2[nH]c(C)c(C(C)=O)c2C)c1. The van der Waals surface area contributed by atoms with E-state index in [1.54, 1.807) is 13.0 Å². The maximum Gasteiger partial charge on any atom is 0.337 e. The van der Waals surface area contributed by atoms with Gasteiger partial charge < -0.3 is 14.7 Å². The number of aromatic nitrogens is 2. The topological polar surface area (TPSA) is 75.0 Å². The van der Waals surface area contributed by atoms with Crippen LogP contribution in [0.1, 0.15) is 67.5 Å². The van der Waals surface area contributed by atoms with Crippen molar-refractivity contribution in [3.63, 3.8) is 0 Å². The van der Waals surface area contributed by atoms with Crippen molar-refractivity contribution in [3.05, 3.63) is 81.4 Å². The number of esters is 1. The zero-order valence-corrected chi connectivity index (χ0v) is 16.3. The van der Waals surface area contributed by atoms with Crippen LogP contribution < -0.4 is 0 Å². The average Bonchev–Trinajstić information content (AvgIpc) is 3.18. The molecule has 0 radical (unpaired) electrons. The lowest BCUT2D eigenvalue weighted by Crippen LogP contribution is -2.09. The Kier molecular flexibility index (Phi) is 5.04. The fourth-order valence-corrected chi connectivity index (χ4v) is 3.75. The van der Waals surface area contributed by atoms with Gasteiger partial charge in [0, 0.05) is 28.3 Å². The fourth-order valence-electron chi connectivity index (χ4n) is 3.75. The van der Waals surface area contributed by atoms with Gasteiger partial charge in [0.15, 0.2) is 5.78 Å². The first-order valence-corrected chi connectivity index (χ1v) is 8.87. The van der Waals surface area contributed by atoms with Gasteiger partial charge in [-0.25, -0.2) is 4.79 Å². The van der Waals surface area contributed by atoms with Crippen LogP contribution in [0.15, 0.2) is 36.4 Å². The summed E-state index contributed by atoms with van der Waals surface area (Å²) < 4.78 is 4.87. The molecular weight excluding hydrogens is 340 g/mol. The number of nitrogens with one attached hydrogen (secondary N) is 2. The highest BCUT2D eigenvalue weighted by Gasteiger charge is 2.26. The summed E-state index contributed by atoms with van der Waals surface area (Å²) in [6.45, 7) is 7.45. The minimum atomic E-state index is -0.373. The number of rotatable bonds is 5. The van der Waals surface area contributed by atoms with Crippen molar-refractivity contribution in [3.8, 4) is 0 Å². The monoisotopic (exact) mass is 364 g/mol. The molecule has 0 fully saturated rings. The molecule has 5 heteroatoms. The Balaban J connectivity index is 2.22. The maximum absolute atomic E-state index is 12.1. The molecule has 1 unspecified atom stereocenters. The standard InChI is InChI=1S/C22H24N2O3/c1-12-9-10-18(23-12)20(16-7-6-8-17(11-16)22(26)27-5)21-13(2)19(15(4)25)14(3)24-21/h6-11,20,23-24H,1-5H3. The molecule has 0 saturated carbocycles. The van der Waals surface area contributed by atoms with E-state index < -0.39 is 0 Å². The quantitative estimate of drug-likeness (QED) is 0.519. The number of ketones is 1. The highest BCUT2D eigenvalue weighted by Crippen LogP contribution is 2.35. The van der Waals surface area contributed by atoms with E-state index in [2.05, 4.69) is 9.97 Å². The van der Waals surface area contributed by atoms with E-state index >= 15 is 0 Å². The Morgan fingerprint density at radius 3 is 2.33 bits per heavy atom. The second kappa shape index (κ2) is 7.27. The summed E-state index contributed by atoms with van der Waals surface area (Å²) in [5.74, 6) is -0.491. The van der Waals surface area contributed by atoms with Crippen LogP contribution in [0.4, 0.5) is 0 Å². The maximum atomic E-state index is 12.1. The number of Topliss-reactive ketones (excluding diaryl/α,β-unsaturated/α-hetero) is 1. The summed E-state index contributed by atoms with van der Waals surface area (Å²) in [4.78, 5) is 30.9. The van der Waals surface area contributed by atoms with E-state index in [9.17, 15) is 9.59 Å². The molecule has 3 rings (SSSR count). The first-order chi connectivity index (χ1) is 12.8. The molecule has 2 N–H and O–H groups in total. The van der Waals surface area contributed by atoms with E-state index in [1.807, 2.05) is 51.1 Å². The molecule has 0 spiro atoms. The molecular formula is C22H24N2O3. The van der Waals surface area contributed by atoms with Gasteiger partial charge in [-0.2, -0.15) is 0 Å². The van der Waals surface area contributed by atoms with E-state index in [4.69, 9.17) is 4.74 Å². The van der Waals surface area contributed by atoms with E-state index in [1.165, 1.54) is 7.11 Å². The summed E-state index contributed by atoms with van der Waals surface area (Å²) in [6.07, 6.45) is 0. The van der Waals surface area contributed by atoms with Crippen LogP contribution in [0.25, 0.3) is 0 Å². The van der Waals surface area contributed by atoms with Gasteiger partial charge >= 0.3 is 5.97 Å². The third kappa shape index (κ3) is 3.45. The van der Waals surface area contributed by atoms with Gasteiger partial charge in [0.05, 0.1) is 18.6 Å². The molecule has 140 valence electrons. The van der Waals surface area contributed by atoms with Crippen molar-refractivity contribution in [2.75, 3.05) is 7.11 Å². The molecule has 1 atom stereocenters. The Morgan fingerprint density at radius 1 is 1.04 bits per heavy atom. The molecule has 3 aromatic rings. The highest BCUT2D eigenvalue weighted by atomic mass is 16.5. The number of methoxy groups -OCH3 is 1. The van der Waals surface area contributed by atoms with Crippen molar-refractivity contribution in [1.29, 1.82) is 0 Å². The Morgan fingerprint density at radius 2 is 1.78 bits per heavy atom. The molecule has 0 amide bonds. The summed E-state index contributed by atoms with van der Waals surface area (Å²) in [7, 11) is 1.37. The molecule has 5 nitrogen and oxygen atoms in total. The minimum absolute atomic E-state index is 0.0391. The van der Waals surface area contributed by atoms with E-state index in [0.717, 1.165) is 39.5 Å². The third-order valence-corrected chi connectivity index (χ3v) is 4.92. The number of carbonyl (C=O) groups is 2. The van der Waals surface area contributed by atoms with Crippen LogP contribution in [0, 0.1) is 20.8 Å².